The van der Waals surface area contributed by atoms with Gasteiger partial charge >= 0.3 is 0 Å². The predicted octanol–water partition coefficient (Wildman–Crippen LogP) is 2.70. The average Bonchev–Trinajstić information content (AvgIpc) is 2.39. The molecule has 1 saturated heterocycles. The lowest BCUT2D eigenvalue weighted by Crippen LogP contribution is -2.31. The monoisotopic (exact) mass is 269 g/mol. The molecule has 0 amide bonds. The summed E-state index contributed by atoms with van der Waals surface area (Å²) in [5.74, 6) is 0.575. The summed E-state index contributed by atoms with van der Waals surface area (Å²) in [5, 5.41) is 10.1. The maximum atomic E-state index is 9.39. The molecule has 1 heterocycles. The molecule has 1 fully saturated rings. The van der Waals surface area contributed by atoms with Crippen molar-refractivity contribution in [2.24, 2.45) is 5.92 Å². The third-order valence-electron chi connectivity index (χ3n) is 3.41. The zero-order valence-electron chi connectivity index (χ0n) is 10.7. The van der Waals surface area contributed by atoms with Crippen LogP contribution >= 0.6 is 11.6 Å². The molecule has 3 nitrogen and oxygen atoms in total. The second kappa shape index (κ2) is 6.41. The van der Waals surface area contributed by atoms with Gasteiger partial charge in [0, 0.05) is 36.5 Å². The first-order chi connectivity index (χ1) is 8.70. The second-order valence-corrected chi connectivity index (χ2v) is 5.33. The van der Waals surface area contributed by atoms with Crippen LogP contribution in [0.25, 0.3) is 0 Å². The topological polar surface area (TPSA) is 32.7 Å². The number of nitrogens with zero attached hydrogens (tertiary/aromatic N) is 1. The highest BCUT2D eigenvalue weighted by Gasteiger charge is 2.17. The van der Waals surface area contributed by atoms with Crippen molar-refractivity contribution in [2.75, 3.05) is 31.7 Å². The fraction of sp³-hybridized carbons (Fsp3) is 0.571. The molecule has 1 unspecified atom stereocenters. The molecule has 4 heteroatoms. The fourth-order valence-electron chi connectivity index (χ4n) is 2.49. The number of aliphatic hydroxyl groups is 1. The molecule has 0 bridgehead atoms. The van der Waals surface area contributed by atoms with Gasteiger partial charge in [-0.1, -0.05) is 11.6 Å². The molecule has 1 N–H and O–H groups in total. The Balaban J connectivity index is 2.05. The maximum absolute atomic E-state index is 9.39. The highest BCUT2D eigenvalue weighted by atomic mass is 35.5. The Hall–Kier alpha value is -0.770. The van der Waals surface area contributed by atoms with Crippen LogP contribution in [-0.4, -0.2) is 31.9 Å². The molecule has 1 atom stereocenters. The van der Waals surface area contributed by atoms with E-state index in [1.807, 2.05) is 18.2 Å². The van der Waals surface area contributed by atoms with Crippen LogP contribution in [0.2, 0.25) is 5.02 Å². The van der Waals surface area contributed by atoms with Gasteiger partial charge in [0.25, 0.3) is 0 Å². The Kier molecular flexibility index (Phi) is 4.87. The molecular formula is C14H20ClNO2. The van der Waals surface area contributed by atoms with Crippen LogP contribution in [0.15, 0.2) is 18.2 Å². The van der Waals surface area contributed by atoms with Crippen LogP contribution in [0, 0.1) is 5.92 Å². The van der Waals surface area contributed by atoms with E-state index in [2.05, 4.69) is 11.9 Å². The average molecular weight is 270 g/mol. The van der Waals surface area contributed by atoms with E-state index >= 15 is 0 Å². The SMILES string of the molecule is CN(CC1CCCOC1)c1ccc(Cl)cc1CO. The van der Waals surface area contributed by atoms with Crippen molar-refractivity contribution in [3.63, 3.8) is 0 Å². The van der Waals surface area contributed by atoms with Gasteiger partial charge in [-0.15, -0.1) is 0 Å². The quantitative estimate of drug-likeness (QED) is 0.912. The summed E-state index contributed by atoms with van der Waals surface area (Å²) >= 11 is 5.94. The van der Waals surface area contributed by atoms with Gasteiger partial charge in [0.05, 0.1) is 13.2 Å². The maximum Gasteiger partial charge on any atom is 0.0702 e. The van der Waals surface area contributed by atoms with Crippen molar-refractivity contribution < 1.29 is 9.84 Å². The molecular weight excluding hydrogens is 250 g/mol. The lowest BCUT2D eigenvalue weighted by Gasteiger charge is -2.29. The lowest BCUT2D eigenvalue weighted by atomic mass is 10.0. The Labute approximate surface area is 113 Å². The minimum Gasteiger partial charge on any atom is -0.392 e. The number of hydrogen-bond donors (Lipinski definition) is 1. The molecule has 0 saturated carbocycles. The highest BCUT2D eigenvalue weighted by Crippen LogP contribution is 2.25. The number of benzene rings is 1. The zero-order valence-corrected chi connectivity index (χ0v) is 11.5. The number of halogens is 1. The van der Waals surface area contributed by atoms with Crippen molar-refractivity contribution in [3.8, 4) is 0 Å². The fourth-order valence-corrected chi connectivity index (χ4v) is 2.68. The third-order valence-corrected chi connectivity index (χ3v) is 3.64. The Morgan fingerprint density at radius 2 is 2.33 bits per heavy atom. The van der Waals surface area contributed by atoms with Gasteiger partial charge in [0.2, 0.25) is 0 Å². The van der Waals surface area contributed by atoms with Gasteiger partial charge in [-0.3, -0.25) is 0 Å². The number of ether oxygens (including phenoxy) is 1. The van der Waals surface area contributed by atoms with Crippen LogP contribution in [0.1, 0.15) is 18.4 Å². The summed E-state index contributed by atoms with van der Waals surface area (Å²) in [6, 6.07) is 5.66. The van der Waals surface area contributed by atoms with Gasteiger partial charge < -0.3 is 14.7 Å². The summed E-state index contributed by atoms with van der Waals surface area (Å²) in [4.78, 5) is 2.18. The van der Waals surface area contributed by atoms with E-state index in [0.717, 1.165) is 37.4 Å². The molecule has 2 rings (SSSR count). The summed E-state index contributed by atoms with van der Waals surface area (Å²) < 4.78 is 5.50. The van der Waals surface area contributed by atoms with Gasteiger partial charge in [-0.05, 0) is 37.0 Å². The number of anilines is 1. The molecule has 0 aliphatic carbocycles. The van der Waals surface area contributed by atoms with Crippen molar-refractivity contribution in [1.82, 2.24) is 0 Å². The van der Waals surface area contributed by atoms with Gasteiger partial charge in [0.15, 0.2) is 0 Å². The van der Waals surface area contributed by atoms with Crippen molar-refractivity contribution in [3.05, 3.63) is 28.8 Å². The minimum absolute atomic E-state index is 0.0153. The molecule has 0 radical (unpaired) electrons. The standard InChI is InChI=1S/C14H20ClNO2/c1-16(8-11-3-2-6-18-10-11)14-5-4-13(15)7-12(14)9-17/h4-5,7,11,17H,2-3,6,8-10H2,1H3. The molecule has 1 aliphatic heterocycles. The minimum atomic E-state index is 0.0153. The van der Waals surface area contributed by atoms with Crippen LogP contribution in [-0.2, 0) is 11.3 Å². The summed E-state index contributed by atoms with van der Waals surface area (Å²) in [7, 11) is 2.05. The molecule has 1 aliphatic rings. The molecule has 1 aromatic carbocycles. The van der Waals surface area contributed by atoms with Crippen LogP contribution in [0.4, 0.5) is 5.69 Å². The van der Waals surface area contributed by atoms with E-state index in [9.17, 15) is 5.11 Å². The highest BCUT2D eigenvalue weighted by molar-refractivity contribution is 6.30. The molecule has 18 heavy (non-hydrogen) atoms. The van der Waals surface area contributed by atoms with Crippen LogP contribution in [0.3, 0.4) is 0 Å². The largest absolute Gasteiger partial charge is 0.392 e. The van der Waals surface area contributed by atoms with E-state index in [-0.39, 0.29) is 6.61 Å². The van der Waals surface area contributed by atoms with Crippen LogP contribution < -0.4 is 4.90 Å². The van der Waals surface area contributed by atoms with E-state index in [4.69, 9.17) is 16.3 Å². The third kappa shape index (κ3) is 3.37. The Bertz CT molecular complexity index is 391. The number of rotatable bonds is 4. The smallest absolute Gasteiger partial charge is 0.0702 e. The summed E-state index contributed by atoms with van der Waals surface area (Å²) in [6.07, 6.45) is 2.36. The number of hydrogen-bond acceptors (Lipinski definition) is 3. The van der Waals surface area contributed by atoms with E-state index in [1.165, 1.54) is 6.42 Å². The first kappa shape index (κ1) is 13.7. The first-order valence-electron chi connectivity index (χ1n) is 6.39. The number of aliphatic hydroxyl groups excluding tert-OH is 1. The summed E-state index contributed by atoms with van der Waals surface area (Å²) in [6.45, 7) is 2.70. The summed E-state index contributed by atoms with van der Waals surface area (Å²) in [5.41, 5.74) is 1.93. The lowest BCUT2D eigenvalue weighted by molar-refractivity contribution is 0.0576. The Morgan fingerprint density at radius 3 is 3.00 bits per heavy atom. The van der Waals surface area contributed by atoms with Crippen molar-refractivity contribution in [1.29, 1.82) is 0 Å². The van der Waals surface area contributed by atoms with E-state index in [0.29, 0.717) is 10.9 Å². The van der Waals surface area contributed by atoms with Crippen molar-refractivity contribution >= 4 is 17.3 Å². The van der Waals surface area contributed by atoms with Gasteiger partial charge in [-0.2, -0.15) is 0 Å². The predicted molar refractivity (Wildman–Crippen MR) is 74.2 cm³/mol. The Morgan fingerprint density at radius 1 is 1.50 bits per heavy atom. The van der Waals surface area contributed by atoms with Gasteiger partial charge in [-0.25, -0.2) is 0 Å². The van der Waals surface area contributed by atoms with E-state index in [1.54, 1.807) is 0 Å². The van der Waals surface area contributed by atoms with E-state index < -0.39 is 0 Å². The van der Waals surface area contributed by atoms with Gasteiger partial charge in [0.1, 0.15) is 0 Å². The molecule has 0 spiro atoms. The second-order valence-electron chi connectivity index (χ2n) is 4.89. The molecule has 100 valence electrons. The van der Waals surface area contributed by atoms with Crippen LogP contribution in [0.5, 0.6) is 0 Å². The zero-order chi connectivity index (χ0) is 13.0. The first-order valence-corrected chi connectivity index (χ1v) is 6.76. The molecule has 0 aromatic heterocycles. The normalized spacial score (nSPS) is 19.8. The molecule has 1 aromatic rings. The van der Waals surface area contributed by atoms with Crippen molar-refractivity contribution in [2.45, 2.75) is 19.4 Å².